The Bertz CT molecular complexity index is 294. The summed E-state index contributed by atoms with van der Waals surface area (Å²) < 4.78 is 15.5. The van der Waals surface area contributed by atoms with Crippen LogP contribution in [-0.4, -0.2) is 36.9 Å². The van der Waals surface area contributed by atoms with Gasteiger partial charge in [-0.15, -0.1) is 0 Å². The lowest BCUT2D eigenvalue weighted by molar-refractivity contribution is -0.174. The molecule has 0 spiro atoms. The van der Waals surface area contributed by atoms with Crippen molar-refractivity contribution in [2.75, 3.05) is 13.7 Å². The summed E-state index contributed by atoms with van der Waals surface area (Å²) in [6.45, 7) is 11.1. The molecule has 0 unspecified atom stereocenters. The second-order valence-electron chi connectivity index (χ2n) is 6.75. The van der Waals surface area contributed by atoms with Crippen LogP contribution < -0.4 is 0 Å². The molecule has 20 heavy (non-hydrogen) atoms. The van der Waals surface area contributed by atoms with Gasteiger partial charge in [0.15, 0.2) is 5.92 Å². The van der Waals surface area contributed by atoms with E-state index in [-0.39, 0.29) is 0 Å². The van der Waals surface area contributed by atoms with Crippen molar-refractivity contribution in [3.8, 4) is 0 Å². The summed E-state index contributed by atoms with van der Waals surface area (Å²) in [5.74, 6) is -1.98. The normalized spacial score (nSPS) is 12.4. The van der Waals surface area contributed by atoms with Crippen LogP contribution in [0.3, 0.4) is 0 Å². The van der Waals surface area contributed by atoms with E-state index in [0.29, 0.717) is 19.4 Å². The minimum Gasteiger partial charge on any atom is -0.459 e. The zero-order chi connectivity index (χ0) is 16.0. The molecule has 0 N–H and O–H groups in total. The molecule has 0 aliphatic carbocycles. The van der Waals surface area contributed by atoms with Crippen molar-refractivity contribution in [3.63, 3.8) is 0 Å². The lowest BCUT2D eigenvalue weighted by atomic mass is 10.0. The topological polar surface area (TPSA) is 61.8 Å². The number of methoxy groups -OCH3 is 1. The summed E-state index contributed by atoms with van der Waals surface area (Å²) in [7, 11) is 1.58. The first kappa shape index (κ1) is 18.9. The maximum Gasteiger partial charge on any atom is 0.320 e. The van der Waals surface area contributed by atoms with Crippen LogP contribution >= 0.6 is 0 Å². The van der Waals surface area contributed by atoms with E-state index in [9.17, 15) is 9.59 Å². The summed E-state index contributed by atoms with van der Waals surface area (Å²) in [6, 6.07) is 0. The fourth-order valence-corrected chi connectivity index (χ4v) is 1.51. The van der Waals surface area contributed by atoms with Gasteiger partial charge in [-0.2, -0.15) is 0 Å². The summed E-state index contributed by atoms with van der Waals surface area (Å²) in [4.78, 5) is 24.2. The van der Waals surface area contributed by atoms with Crippen molar-refractivity contribution >= 4 is 11.9 Å². The smallest absolute Gasteiger partial charge is 0.320 e. The summed E-state index contributed by atoms with van der Waals surface area (Å²) in [5.41, 5.74) is -1.25. The highest BCUT2D eigenvalue weighted by Gasteiger charge is 2.34. The minimum atomic E-state index is -0.899. The van der Waals surface area contributed by atoms with Gasteiger partial charge in [0.2, 0.25) is 0 Å². The molecule has 0 aromatic rings. The number of ether oxygens (including phenoxy) is 3. The van der Waals surface area contributed by atoms with E-state index in [4.69, 9.17) is 14.2 Å². The number of hydrogen-bond donors (Lipinski definition) is 0. The number of rotatable bonds is 6. The molecule has 0 aromatic heterocycles. The van der Waals surface area contributed by atoms with E-state index >= 15 is 0 Å². The first-order valence-electron chi connectivity index (χ1n) is 6.91. The van der Waals surface area contributed by atoms with Crippen LogP contribution in [0.1, 0.15) is 54.4 Å². The number of esters is 2. The zero-order valence-corrected chi connectivity index (χ0v) is 13.7. The van der Waals surface area contributed by atoms with E-state index < -0.39 is 29.1 Å². The molecule has 0 aliphatic rings. The van der Waals surface area contributed by atoms with Crippen LogP contribution in [-0.2, 0) is 23.8 Å². The average molecular weight is 288 g/mol. The molecule has 0 atom stereocenters. The SMILES string of the molecule is COCCCC(C(=O)OC(C)(C)C)C(=O)OC(C)(C)C. The lowest BCUT2D eigenvalue weighted by Gasteiger charge is -2.26. The molecule has 0 heterocycles. The molecule has 0 saturated carbocycles. The average Bonchev–Trinajstić information content (AvgIpc) is 2.18. The molecule has 118 valence electrons. The van der Waals surface area contributed by atoms with Crippen molar-refractivity contribution in [1.29, 1.82) is 0 Å². The van der Waals surface area contributed by atoms with Crippen molar-refractivity contribution in [2.45, 2.75) is 65.6 Å². The van der Waals surface area contributed by atoms with E-state index in [1.807, 2.05) is 0 Å². The van der Waals surface area contributed by atoms with Gasteiger partial charge >= 0.3 is 11.9 Å². The first-order valence-corrected chi connectivity index (χ1v) is 6.91. The van der Waals surface area contributed by atoms with Gasteiger partial charge in [-0.3, -0.25) is 9.59 Å². The van der Waals surface area contributed by atoms with Gasteiger partial charge in [0, 0.05) is 13.7 Å². The Labute approximate surface area is 122 Å². The zero-order valence-electron chi connectivity index (χ0n) is 13.7. The van der Waals surface area contributed by atoms with Gasteiger partial charge in [-0.05, 0) is 54.4 Å². The van der Waals surface area contributed by atoms with Crippen molar-refractivity contribution in [2.24, 2.45) is 5.92 Å². The number of carbonyl (C=O) groups is 2. The molecule has 0 radical (unpaired) electrons. The van der Waals surface area contributed by atoms with Crippen LogP contribution in [0.25, 0.3) is 0 Å². The number of carbonyl (C=O) groups excluding carboxylic acids is 2. The highest BCUT2D eigenvalue weighted by Crippen LogP contribution is 2.19. The van der Waals surface area contributed by atoms with Gasteiger partial charge in [0.05, 0.1) is 0 Å². The Balaban J connectivity index is 4.79. The molecular formula is C15H28O5. The standard InChI is InChI=1S/C15H28O5/c1-14(2,3)19-12(16)11(9-8-10-18-7)13(17)20-15(4,5)6/h11H,8-10H2,1-7H3. The molecular weight excluding hydrogens is 260 g/mol. The predicted molar refractivity (Wildman–Crippen MR) is 76.3 cm³/mol. The van der Waals surface area contributed by atoms with Crippen LogP contribution in [0.15, 0.2) is 0 Å². The van der Waals surface area contributed by atoms with Crippen LogP contribution in [0.4, 0.5) is 0 Å². The predicted octanol–water partition coefficient (Wildman–Crippen LogP) is 2.71. The van der Waals surface area contributed by atoms with E-state index in [1.54, 1.807) is 48.7 Å². The van der Waals surface area contributed by atoms with Gasteiger partial charge in [-0.1, -0.05) is 0 Å². The molecule has 0 amide bonds. The molecule has 0 saturated heterocycles. The van der Waals surface area contributed by atoms with E-state index in [1.165, 1.54) is 0 Å². The number of hydrogen-bond acceptors (Lipinski definition) is 5. The fraction of sp³-hybridized carbons (Fsp3) is 0.867. The molecule has 0 bridgehead atoms. The molecule has 0 fully saturated rings. The highest BCUT2D eigenvalue weighted by molar-refractivity contribution is 5.95. The lowest BCUT2D eigenvalue weighted by Crippen LogP contribution is -2.37. The fourth-order valence-electron chi connectivity index (χ4n) is 1.51. The van der Waals surface area contributed by atoms with Gasteiger partial charge in [0.1, 0.15) is 11.2 Å². The summed E-state index contributed by atoms with van der Waals surface area (Å²) >= 11 is 0. The minimum absolute atomic E-state index is 0.359. The highest BCUT2D eigenvalue weighted by atomic mass is 16.6. The van der Waals surface area contributed by atoms with Gasteiger partial charge in [-0.25, -0.2) is 0 Å². The monoisotopic (exact) mass is 288 g/mol. The van der Waals surface area contributed by atoms with Crippen molar-refractivity contribution in [1.82, 2.24) is 0 Å². The Hall–Kier alpha value is -1.10. The van der Waals surface area contributed by atoms with E-state index in [0.717, 1.165) is 0 Å². The second kappa shape index (κ2) is 7.62. The summed E-state index contributed by atoms with van der Waals surface area (Å²) in [5, 5.41) is 0. The van der Waals surface area contributed by atoms with Gasteiger partial charge in [0.25, 0.3) is 0 Å². The third kappa shape index (κ3) is 8.91. The molecule has 5 heteroatoms. The van der Waals surface area contributed by atoms with Crippen LogP contribution in [0.2, 0.25) is 0 Å². The van der Waals surface area contributed by atoms with Crippen molar-refractivity contribution in [3.05, 3.63) is 0 Å². The Morgan fingerprint density at radius 3 is 1.60 bits per heavy atom. The maximum atomic E-state index is 12.1. The molecule has 5 nitrogen and oxygen atoms in total. The van der Waals surface area contributed by atoms with Crippen LogP contribution in [0.5, 0.6) is 0 Å². The molecule has 0 rings (SSSR count). The Morgan fingerprint density at radius 2 is 1.30 bits per heavy atom. The third-order valence-electron chi connectivity index (χ3n) is 2.22. The molecule has 0 aliphatic heterocycles. The van der Waals surface area contributed by atoms with Crippen molar-refractivity contribution < 1.29 is 23.8 Å². The maximum absolute atomic E-state index is 12.1. The quantitative estimate of drug-likeness (QED) is 0.427. The Morgan fingerprint density at radius 1 is 0.900 bits per heavy atom. The largest absolute Gasteiger partial charge is 0.459 e. The van der Waals surface area contributed by atoms with Crippen LogP contribution in [0, 0.1) is 5.92 Å². The third-order valence-corrected chi connectivity index (χ3v) is 2.22. The van der Waals surface area contributed by atoms with E-state index in [2.05, 4.69) is 0 Å². The van der Waals surface area contributed by atoms with Gasteiger partial charge < -0.3 is 14.2 Å². The summed E-state index contributed by atoms with van der Waals surface area (Å²) in [6.07, 6.45) is 0.956. The second-order valence-corrected chi connectivity index (χ2v) is 6.75. The first-order chi connectivity index (χ1) is 8.96. The molecule has 0 aromatic carbocycles. The Kier molecular flexibility index (Phi) is 7.20.